The van der Waals surface area contributed by atoms with E-state index in [0.29, 0.717) is 6.42 Å². The first kappa shape index (κ1) is 12.2. The van der Waals surface area contributed by atoms with Gasteiger partial charge in [-0.15, -0.1) is 0 Å². The Morgan fingerprint density at radius 2 is 2.12 bits per heavy atom. The molecule has 1 heterocycles. The van der Waals surface area contributed by atoms with Gasteiger partial charge in [0.2, 0.25) is 0 Å². The van der Waals surface area contributed by atoms with Crippen LogP contribution in [0.3, 0.4) is 0 Å². The van der Waals surface area contributed by atoms with Crippen LogP contribution in [0.4, 0.5) is 0 Å². The zero-order valence-electron chi connectivity index (χ0n) is 9.53. The lowest BCUT2D eigenvalue weighted by molar-refractivity contribution is 0.0548. The normalized spacial score (nSPS) is 27.5. The Balaban J connectivity index is 2.61. The number of rotatable bonds is 1. The van der Waals surface area contributed by atoms with Gasteiger partial charge in [-0.3, -0.25) is 4.79 Å². The molecule has 1 aliphatic rings. The number of Topliss-reactive ketones (excluding diaryl/α,β-unsaturated/α-hetero) is 1. The zero-order valence-corrected chi connectivity index (χ0v) is 11.1. The van der Waals surface area contributed by atoms with Gasteiger partial charge in [0.15, 0.2) is 5.78 Å². The van der Waals surface area contributed by atoms with Crippen LogP contribution in [0.15, 0.2) is 12.1 Å². The van der Waals surface area contributed by atoms with Crippen molar-refractivity contribution in [3.63, 3.8) is 0 Å². The molecule has 0 saturated heterocycles. The number of alkyl halides is 1. The average Bonchev–Trinajstić information content (AvgIpc) is 2.25. The topological polar surface area (TPSA) is 66.8 Å². The molecule has 0 aliphatic carbocycles. The second kappa shape index (κ2) is 3.91. The number of carbonyl (C=O) groups excluding carboxylic acids is 1. The lowest BCUT2D eigenvalue weighted by Gasteiger charge is -2.38. The van der Waals surface area contributed by atoms with E-state index in [2.05, 4.69) is 15.9 Å². The molecular weight excluding hydrogens is 288 g/mol. The number of hydrogen-bond donors (Lipinski definition) is 2. The summed E-state index contributed by atoms with van der Waals surface area (Å²) in [7, 11) is 0. The maximum absolute atomic E-state index is 12.2. The molecule has 0 bridgehead atoms. The summed E-state index contributed by atoms with van der Waals surface area (Å²) in [4.78, 5) is 11.6. The van der Waals surface area contributed by atoms with Crippen LogP contribution in [0.2, 0.25) is 0 Å². The molecule has 17 heavy (non-hydrogen) atoms. The zero-order chi connectivity index (χ0) is 12.8. The summed E-state index contributed by atoms with van der Waals surface area (Å²) in [5.41, 5.74) is -0.555. The van der Waals surface area contributed by atoms with Crippen LogP contribution in [0.1, 0.15) is 30.6 Å². The molecule has 2 unspecified atom stereocenters. The van der Waals surface area contributed by atoms with E-state index in [4.69, 9.17) is 4.74 Å². The van der Waals surface area contributed by atoms with Crippen LogP contribution in [-0.2, 0) is 0 Å². The maximum Gasteiger partial charge on any atom is 0.187 e. The van der Waals surface area contributed by atoms with E-state index in [1.165, 1.54) is 6.07 Å². The number of phenolic OH excluding ortho intramolecular Hbond substituents is 2. The van der Waals surface area contributed by atoms with Crippen LogP contribution in [0.25, 0.3) is 0 Å². The Bertz CT molecular complexity index is 486. The standard InChI is InChI=1S/C12H13BrO4/c1-3-12(2)11(13)10(16)9-7(15)4-6(14)5-8(9)17-12/h4-5,11,14-15H,3H2,1-2H3. The maximum atomic E-state index is 12.2. The molecule has 1 aromatic carbocycles. The summed E-state index contributed by atoms with van der Waals surface area (Å²) in [6.45, 7) is 3.73. The molecule has 1 aliphatic heterocycles. The molecule has 0 saturated carbocycles. The Morgan fingerprint density at radius 3 is 2.71 bits per heavy atom. The molecular formula is C12H13BrO4. The SMILES string of the molecule is CCC1(C)Oc2cc(O)cc(O)c2C(=O)C1Br. The predicted octanol–water partition coefficient (Wildman–Crippen LogP) is 2.61. The van der Waals surface area contributed by atoms with Crippen molar-refractivity contribution >= 4 is 21.7 Å². The van der Waals surface area contributed by atoms with E-state index in [1.54, 1.807) is 0 Å². The molecule has 1 aromatic rings. The van der Waals surface area contributed by atoms with Gasteiger partial charge < -0.3 is 14.9 Å². The van der Waals surface area contributed by atoms with Crippen molar-refractivity contribution in [1.29, 1.82) is 0 Å². The third-order valence-electron chi connectivity index (χ3n) is 3.12. The molecule has 0 amide bonds. The summed E-state index contributed by atoms with van der Waals surface area (Å²) < 4.78 is 5.73. The number of benzene rings is 1. The van der Waals surface area contributed by atoms with Gasteiger partial charge >= 0.3 is 0 Å². The van der Waals surface area contributed by atoms with Crippen LogP contribution in [-0.4, -0.2) is 26.4 Å². The fourth-order valence-electron chi connectivity index (χ4n) is 1.87. The fraction of sp³-hybridized carbons (Fsp3) is 0.417. The third-order valence-corrected chi connectivity index (χ3v) is 4.51. The predicted molar refractivity (Wildman–Crippen MR) is 66.1 cm³/mol. The molecule has 0 aromatic heterocycles. The summed E-state index contributed by atoms with van der Waals surface area (Å²) in [6.07, 6.45) is 0.629. The molecule has 4 nitrogen and oxygen atoms in total. The summed E-state index contributed by atoms with van der Waals surface area (Å²) in [6, 6.07) is 2.48. The Labute approximate surface area is 107 Å². The third kappa shape index (κ3) is 1.78. The molecule has 2 N–H and O–H groups in total. The van der Waals surface area contributed by atoms with Crippen molar-refractivity contribution in [2.45, 2.75) is 30.7 Å². The molecule has 92 valence electrons. The summed E-state index contributed by atoms with van der Waals surface area (Å²) >= 11 is 3.31. The number of aromatic hydroxyl groups is 2. The highest BCUT2D eigenvalue weighted by molar-refractivity contribution is 9.10. The van der Waals surface area contributed by atoms with Crippen molar-refractivity contribution < 1.29 is 19.7 Å². The Morgan fingerprint density at radius 1 is 1.47 bits per heavy atom. The molecule has 0 spiro atoms. The lowest BCUT2D eigenvalue weighted by atomic mass is 9.89. The van der Waals surface area contributed by atoms with Gasteiger partial charge in [-0.05, 0) is 13.3 Å². The Hall–Kier alpha value is -1.23. The van der Waals surface area contributed by atoms with E-state index >= 15 is 0 Å². The summed E-state index contributed by atoms with van der Waals surface area (Å²) in [5, 5.41) is 19.1. The second-order valence-corrected chi connectivity index (χ2v) is 5.25. The van der Waals surface area contributed by atoms with Gasteiger partial charge in [-0.1, -0.05) is 22.9 Å². The van der Waals surface area contributed by atoms with Crippen LogP contribution >= 0.6 is 15.9 Å². The van der Waals surface area contributed by atoms with Crippen LogP contribution in [0.5, 0.6) is 17.2 Å². The van der Waals surface area contributed by atoms with Crippen LogP contribution in [0, 0.1) is 0 Å². The van der Waals surface area contributed by atoms with E-state index < -0.39 is 10.4 Å². The molecule has 2 rings (SSSR count). The minimum Gasteiger partial charge on any atom is -0.508 e. The molecule has 5 heteroatoms. The molecule has 0 radical (unpaired) electrons. The number of phenols is 2. The van der Waals surface area contributed by atoms with Gasteiger partial charge in [0.25, 0.3) is 0 Å². The highest BCUT2D eigenvalue weighted by Gasteiger charge is 2.45. The number of hydrogen-bond acceptors (Lipinski definition) is 4. The van der Waals surface area contributed by atoms with Gasteiger partial charge in [-0.25, -0.2) is 0 Å². The number of ether oxygens (including phenoxy) is 1. The molecule has 0 fully saturated rings. The quantitative estimate of drug-likeness (QED) is 0.782. The van der Waals surface area contributed by atoms with Crippen LogP contribution < -0.4 is 4.74 Å². The highest BCUT2D eigenvalue weighted by atomic mass is 79.9. The molecule has 2 atom stereocenters. The smallest absolute Gasteiger partial charge is 0.187 e. The van der Waals surface area contributed by atoms with Gasteiger partial charge in [-0.2, -0.15) is 0 Å². The van der Waals surface area contributed by atoms with Crippen molar-refractivity contribution in [3.8, 4) is 17.2 Å². The van der Waals surface area contributed by atoms with Crippen molar-refractivity contribution in [2.75, 3.05) is 0 Å². The first-order valence-electron chi connectivity index (χ1n) is 5.32. The fourth-order valence-corrected chi connectivity index (χ4v) is 2.52. The van der Waals surface area contributed by atoms with E-state index in [9.17, 15) is 15.0 Å². The highest BCUT2D eigenvalue weighted by Crippen LogP contribution is 2.43. The van der Waals surface area contributed by atoms with Crippen molar-refractivity contribution in [1.82, 2.24) is 0 Å². The average molecular weight is 301 g/mol. The first-order chi connectivity index (χ1) is 7.89. The summed E-state index contributed by atoms with van der Waals surface area (Å²) in [5.74, 6) is -0.381. The van der Waals surface area contributed by atoms with Gasteiger partial charge in [0.05, 0.1) is 0 Å². The van der Waals surface area contributed by atoms with Gasteiger partial charge in [0, 0.05) is 12.1 Å². The van der Waals surface area contributed by atoms with E-state index in [0.717, 1.165) is 6.07 Å². The van der Waals surface area contributed by atoms with Crippen molar-refractivity contribution in [3.05, 3.63) is 17.7 Å². The first-order valence-corrected chi connectivity index (χ1v) is 6.24. The monoisotopic (exact) mass is 300 g/mol. The largest absolute Gasteiger partial charge is 0.508 e. The number of ketones is 1. The lowest BCUT2D eigenvalue weighted by Crippen LogP contribution is -2.48. The van der Waals surface area contributed by atoms with Crippen molar-refractivity contribution in [2.24, 2.45) is 0 Å². The van der Waals surface area contributed by atoms with E-state index in [-0.39, 0.29) is 28.6 Å². The minimum absolute atomic E-state index is 0.121. The van der Waals surface area contributed by atoms with E-state index in [1.807, 2.05) is 13.8 Å². The second-order valence-electron chi connectivity index (χ2n) is 4.33. The number of carbonyl (C=O) groups is 1. The minimum atomic E-state index is -0.676. The number of fused-ring (bicyclic) bond motifs is 1. The van der Waals surface area contributed by atoms with Gasteiger partial charge in [0.1, 0.15) is 33.2 Å². The number of halogens is 1. The Kier molecular flexibility index (Phi) is 2.81.